The number of phenols is 1. The van der Waals surface area contributed by atoms with Crippen molar-refractivity contribution in [3.05, 3.63) is 47.0 Å². The third-order valence-corrected chi connectivity index (χ3v) is 5.51. The number of phenolic OH excluding ortho intramolecular Hbond substituents is 1. The van der Waals surface area contributed by atoms with Gasteiger partial charge in [0.2, 0.25) is 6.79 Å². The summed E-state index contributed by atoms with van der Waals surface area (Å²) in [4.78, 5) is 0. The van der Waals surface area contributed by atoms with Crippen molar-refractivity contribution in [1.82, 2.24) is 0 Å². The van der Waals surface area contributed by atoms with E-state index < -0.39 is 6.10 Å². The Bertz CT molecular complexity index is 848. The molecule has 0 aliphatic carbocycles. The lowest BCUT2D eigenvalue weighted by molar-refractivity contribution is -0.927. The predicted octanol–water partition coefficient (Wildman–Crippen LogP) is 2.54. The van der Waals surface area contributed by atoms with Gasteiger partial charge in [-0.05, 0) is 35.4 Å². The molecule has 2 heterocycles. The van der Waals surface area contributed by atoms with Crippen LogP contribution in [0, 0.1) is 0 Å². The molecule has 0 bridgehead atoms. The summed E-state index contributed by atoms with van der Waals surface area (Å²) in [6, 6.07) is 8.89. The number of benzene rings is 2. The van der Waals surface area contributed by atoms with E-state index in [0.717, 1.165) is 30.0 Å². The number of aromatic hydroxyl groups is 1. The molecule has 6 heteroatoms. The van der Waals surface area contributed by atoms with Gasteiger partial charge in [0.1, 0.15) is 12.1 Å². The first-order valence-corrected chi connectivity index (χ1v) is 8.71. The molecule has 0 saturated heterocycles. The van der Waals surface area contributed by atoms with Crippen LogP contribution in [-0.4, -0.2) is 49.2 Å². The number of hydrogen-bond acceptors (Lipinski definition) is 5. The van der Waals surface area contributed by atoms with Gasteiger partial charge in [-0.3, -0.25) is 0 Å². The zero-order valence-corrected chi connectivity index (χ0v) is 15.2. The molecule has 2 aliphatic heterocycles. The average molecular weight is 358 g/mol. The lowest BCUT2D eigenvalue weighted by Crippen LogP contribution is -2.50. The average Bonchev–Trinajstić information content (AvgIpc) is 3.06. The van der Waals surface area contributed by atoms with Crippen LogP contribution in [0.5, 0.6) is 23.0 Å². The molecule has 6 nitrogen and oxygen atoms in total. The number of aliphatic hydroxyl groups is 1. The van der Waals surface area contributed by atoms with Crippen LogP contribution >= 0.6 is 0 Å². The van der Waals surface area contributed by atoms with Gasteiger partial charge in [-0.25, -0.2) is 0 Å². The summed E-state index contributed by atoms with van der Waals surface area (Å²) in [6.07, 6.45) is 0.136. The molecule has 0 aromatic heterocycles. The number of rotatable bonds is 3. The van der Waals surface area contributed by atoms with Crippen molar-refractivity contribution >= 4 is 0 Å². The van der Waals surface area contributed by atoms with E-state index in [-0.39, 0.29) is 18.6 Å². The molecule has 26 heavy (non-hydrogen) atoms. The molecule has 2 aromatic carbocycles. The Morgan fingerprint density at radius 3 is 2.58 bits per heavy atom. The summed E-state index contributed by atoms with van der Waals surface area (Å²) in [7, 11) is 5.74. The summed E-state index contributed by atoms with van der Waals surface area (Å²) in [5.41, 5.74) is 2.90. The minimum atomic E-state index is -0.777. The van der Waals surface area contributed by atoms with Crippen LogP contribution in [0.4, 0.5) is 0 Å². The van der Waals surface area contributed by atoms with E-state index in [9.17, 15) is 10.2 Å². The first-order valence-electron chi connectivity index (χ1n) is 8.71. The van der Waals surface area contributed by atoms with E-state index in [1.165, 1.54) is 12.7 Å². The van der Waals surface area contributed by atoms with Gasteiger partial charge in [0, 0.05) is 12.0 Å². The summed E-state index contributed by atoms with van der Waals surface area (Å²) >= 11 is 0. The Morgan fingerprint density at radius 1 is 1.15 bits per heavy atom. The highest BCUT2D eigenvalue weighted by Gasteiger charge is 2.42. The molecule has 4 rings (SSSR count). The molecule has 138 valence electrons. The lowest BCUT2D eigenvalue weighted by atomic mass is 9.85. The van der Waals surface area contributed by atoms with Crippen LogP contribution < -0.4 is 14.2 Å². The summed E-state index contributed by atoms with van der Waals surface area (Å²) in [5, 5.41) is 21.3. The van der Waals surface area contributed by atoms with E-state index in [1.807, 2.05) is 12.1 Å². The van der Waals surface area contributed by atoms with Crippen LogP contribution in [0.3, 0.4) is 0 Å². The fourth-order valence-corrected chi connectivity index (χ4v) is 4.04. The maximum Gasteiger partial charge on any atom is 0.231 e. The number of methoxy groups -OCH3 is 1. The van der Waals surface area contributed by atoms with Crippen molar-refractivity contribution in [2.45, 2.75) is 18.6 Å². The van der Waals surface area contributed by atoms with Gasteiger partial charge in [0.05, 0.1) is 27.7 Å². The van der Waals surface area contributed by atoms with Crippen molar-refractivity contribution in [1.29, 1.82) is 0 Å². The minimum Gasteiger partial charge on any atom is -0.504 e. The molecule has 2 aliphatic rings. The van der Waals surface area contributed by atoms with Crippen LogP contribution in [0.25, 0.3) is 0 Å². The van der Waals surface area contributed by atoms with Crippen molar-refractivity contribution in [2.24, 2.45) is 0 Å². The zero-order chi connectivity index (χ0) is 18.5. The molecule has 0 spiro atoms. The maximum atomic E-state index is 11.2. The number of quaternary nitrogens is 1. The third-order valence-electron chi connectivity index (χ3n) is 5.51. The quantitative estimate of drug-likeness (QED) is 0.826. The molecular weight excluding hydrogens is 334 g/mol. The zero-order valence-electron chi connectivity index (χ0n) is 15.2. The number of fused-ring (bicyclic) bond motifs is 2. The first kappa shape index (κ1) is 17.0. The Balaban J connectivity index is 1.78. The lowest BCUT2D eigenvalue weighted by Gasteiger charge is -2.44. The Kier molecular flexibility index (Phi) is 3.97. The number of nitrogens with zero attached hydrogens (tertiary/aromatic N) is 1. The monoisotopic (exact) mass is 358 g/mol. The SMILES string of the molecule is COc1ccc(C(O)C2c3cc4c(cc3CC[N+]2(C)C)OCO4)cc1O. The molecule has 2 aromatic rings. The van der Waals surface area contributed by atoms with Crippen LogP contribution in [0.15, 0.2) is 30.3 Å². The number of likely N-dealkylation sites (N-methyl/N-ethyl adjacent to an activating group) is 1. The van der Waals surface area contributed by atoms with E-state index >= 15 is 0 Å². The maximum absolute atomic E-state index is 11.2. The summed E-state index contributed by atoms with van der Waals surface area (Å²) in [5.74, 6) is 1.91. The molecule has 2 atom stereocenters. The highest BCUT2D eigenvalue weighted by Crippen LogP contribution is 2.47. The smallest absolute Gasteiger partial charge is 0.231 e. The Labute approximate surface area is 152 Å². The Morgan fingerprint density at radius 2 is 1.88 bits per heavy atom. The largest absolute Gasteiger partial charge is 0.504 e. The third kappa shape index (κ3) is 2.66. The summed E-state index contributed by atoms with van der Waals surface area (Å²) < 4.78 is 16.8. The fraction of sp³-hybridized carbons (Fsp3) is 0.400. The van der Waals surface area contributed by atoms with E-state index in [4.69, 9.17) is 14.2 Å². The second kappa shape index (κ2) is 6.07. The molecule has 0 amide bonds. The van der Waals surface area contributed by atoms with Gasteiger partial charge in [0.15, 0.2) is 23.0 Å². The topological polar surface area (TPSA) is 68.2 Å². The number of aliphatic hydroxyl groups excluding tert-OH is 1. The van der Waals surface area contributed by atoms with Crippen molar-refractivity contribution < 1.29 is 28.9 Å². The highest BCUT2D eigenvalue weighted by atomic mass is 16.7. The molecule has 0 fully saturated rings. The molecular formula is C20H24NO5+. The van der Waals surface area contributed by atoms with Crippen molar-refractivity contribution in [3.63, 3.8) is 0 Å². The molecule has 2 unspecified atom stereocenters. The van der Waals surface area contributed by atoms with E-state index in [0.29, 0.717) is 15.8 Å². The van der Waals surface area contributed by atoms with E-state index in [1.54, 1.807) is 18.2 Å². The second-order valence-electron chi connectivity index (χ2n) is 7.48. The second-order valence-corrected chi connectivity index (χ2v) is 7.48. The van der Waals surface area contributed by atoms with Crippen molar-refractivity contribution in [2.75, 3.05) is 34.5 Å². The van der Waals surface area contributed by atoms with Gasteiger partial charge in [0.25, 0.3) is 0 Å². The van der Waals surface area contributed by atoms with Gasteiger partial charge in [-0.1, -0.05) is 6.07 Å². The van der Waals surface area contributed by atoms with Crippen molar-refractivity contribution in [3.8, 4) is 23.0 Å². The molecule has 0 saturated carbocycles. The molecule has 2 N–H and O–H groups in total. The standard InChI is InChI=1S/C20H23NO5/c1-21(2)7-6-12-9-17-18(26-11-25-17)10-14(12)19(21)20(23)13-4-5-16(24-3)15(22)8-13/h4-5,8-10,19-20,23H,6-7,11H2,1-3H3/p+1. The highest BCUT2D eigenvalue weighted by molar-refractivity contribution is 5.51. The van der Waals surface area contributed by atoms with Gasteiger partial charge in [-0.15, -0.1) is 0 Å². The van der Waals surface area contributed by atoms with Crippen LogP contribution in [0.1, 0.15) is 28.8 Å². The van der Waals surface area contributed by atoms with Crippen LogP contribution in [-0.2, 0) is 6.42 Å². The van der Waals surface area contributed by atoms with Gasteiger partial charge < -0.3 is 28.9 Å². The minimum absolute atomic E-state index is 0.0241. The van der Waals surface area contributed by atoms with Crippen LogP contribution in [0.2, 0.25) is 0 Å². The summed E-state index contributed by atoms with van der Waals surface area (Å²) in [6.45, 7) is 1.13. The molecule has 0 radical (unpaired) electrons. The number of hydrogen-bond donors (Lipinski definition) is 2. The predicted molar refractivity (Wildman–Crippen MR) is 95.6 cm³/mol. The number of ether oxygens (including phenoxy) is 3. The van der Waals surface area contributed by atoms with Gasteiger partial charge >= 0.3 is 0 Å². The Hall–Kier alpha value is -2.44. The first-order chi connectivity index (χ1) is 12.4. The van der Waals surface area contributed by atoms with E-state index in [2.05, 4.69) is 14.1 Å². The normalized spacial score (nSPS) is 21.2. The van der Waals surface area contributed by atoms with Gasteiger partial charge in [-0.2, -0.15) is 0 Å². The fourth-order valence-electron chi connectivity index (χ4n) is 4.04.